The second-order valence-corrected chi connectivity index (χ2v) is 4.91. The average Bonchev–Trinajstić information content (AvgIpc) is 2.29. The van der Waals surface area contributed by atoms with Crippen LogP contribution < -0.4 is 0 Å². The summed E-state index contributed by atoms with van der Waals surface area (Å²) >= 11 is 0. The third-order valence-corrected chi connectivity index (χ3v) is 3.75. The van der Waals surface area contributed by atoms with Crippen LogP contribution in [0, 0.1) is 0 Å². The van der Waals surface area contributed by atoms with Gasteiger partial charge in [0.15, 0.2) is 0 Å². The predicted octanol–water partition coefficient (Wildman–Crippen LogP) is 5.16. The van der Waals surface area contributed by atoms with E-state index in [0.717, 1.165) is 5.92 Å². The van der Waals surface area contributed by atoms with Gasteiger partial charge in [0.2, 0.25) is 0 Å². The Labute approximate surface area is 99.4 Å². The molecule has 0 heterocycles. The average molecular weight is 214 g/mol. The third kappa shape index (κ3) is 2.98. The van der Waals surface area contributed by atoms with E-state index in [1.54, 1.807) is 0 Å². The summed E-state index contributed by atoms with van der Waals surface area (Å²) < 4.78 is 0. The van der Waals surface area contributed by atoms with Crippen molar-refractivity contribution in [1.29, 1.82) is 0 Å². The smallest absolute Gasteiger partial charge is 0.0162 e. The topological polar surface area (TPSA) is 0 Å². The van der Waals surface area contributed by atoms with E-state index >= 15 is 0 Å². The van der Waals surface area contributed by atoms with Crippen molar-refractivity contribution >= 4 is 6.08 Å². The van der Waals surface area contributed by atoms with Gasteiger partial charge in [-0.2, -0.15) is 0 Å². The Hall–Kier alpha value is -1.04. The molecular weight excluding hydrogens is 192 g/mol. The molecule has 1 aliphatic carbocycles. The molecule has 0 N–H and O–H groups in total. The van der Waals surface area contributed by atoms with Gasteiger partial charge in [0.1, 0.15) is 0 Å². The van der Waals surface area contributed by atoms with E-state index in [2.05, 4.69) is 30.8 Å². The quantitative estimate of drug-likeness (QED) is 0.638. The first kappa shape index (κ1) is 11.4. The third-order valence-electron chi connectivity index (χ3n) is 3.75. The maximum Gasteiger partial charge on any atom is -0.0162 e. The lowest BCUT2D eigenvalue weighted by Crippen LogP contribution is -2.02. The second-order valence-electron chi connectivity index (χ2n) is 4.91. The fraction of sp³-hybridized carbons (Fsp3) is 0.500. The van der Waals surface area contributed by atoms with Gasteiger partial charge in [0, 0.05) is 0 Å². The number of hydrogen-bond donors (Lipinski definition) is 0. The van der Waals surface area contributed by atoms with Gasteiger partial charge in [-0.05, 0) is 29.9 Å². The number of hydrogen-bond acceptors (Lipinski definition) is 0. The molecule has 0 atom stereocenters. The Balaban J connectivity index is 2.05. The van der Waals surface area contributed by atoms with E-state index in [0.29, 0.717) is 0 Å². The Morgan fingerprint density at radius 1 is 0.875 bits per heavy atom. The lowest BCUT2D eigenvalue weighted by Gasteiger charge is -2.20. The Morgan fingerprint density at radius 2 is 1.44 bits per heavy atom. The Bertz CT molecular complexity index is 312. The van der Waals surface area contributed by atoms with Crippen LogP contribution in [0.5, 0.6) is 0 Å². The SMILES string of the molecule is C=Cc1ccc(C2CCCCCCC2)cc1. The summed E-state index contributed by atoms with van der Waals surface area (Å²) in [7, 11) is 0. The first-order valence-corrected chi connectivity index (χ1v) is 6.62. The van der Waals surface area contributed by atoms with Crippen LogP contribution in [0.3, 0.4) is 0 Å². The largest absolute Gasteiger partial charge is 0.0985 e. The molecule has 0 nitrogen and oxygen atoms in total. The summed E-state index contributed by atoms with van der Waals surface area (Å²) in [6, 6.07) is 8.98. The summed E-state index contributed by atoms with van der Waals surface area (Å²) in [5.41, 5.74) is 2.77. The standard InChI is InChI=1S/C16H22/c1-2-14-10-12-16(13-11-14)15-8-6-4-3-5-7-9-15/h2,10-13,15H,1,3-9H2. The molecule has 1 aromatic rings. The molecule has 1 fully saturated rings. The zero-order chi connectivity index (χ0) is 11.2. The highest BCUT2D eigenvalue weighted by atomic mass is 14.2. The summed E-state index contributed by atoms with van der Waals surface area (Å²) in [5.74, 6) is 0.805. The molecule has 0 bridgehead atoms. The highest BCUT2D eigenvalue weighted by molar-refractivity contribution is 5.47. The molecular formula is C16H22. The number of benzene rings is 1. The van der Waals surface area contributed by atoms with Crippen LogP contribution >= 0.6 is 0 Å². The van der Waals surface area contributed by atoms with Gasteiger partial charge in [-0.25, -0.2) is 0 Å². The van der Waals surface area contributed by atoms with Crippen LogP contribution in [-0.4, -0.2) is 0 Å². The Kier molecular flexibility index (Phi) is 4.21. The van der Waals surface area contributed by atoms with Crippen molar-refractivity contribution in [3.05, 3.63) is 42.0 Å². The van der Waals surface area contributed by atoms with E-state index in [1.165, 1.54) is 56.1 Å². The van der Waals surface area contributed by atoms with E-state index in [4.69, 9.17) is 0 Å². The van der Waals surface area contributed by atoms with Crippen LogP contribution in [0.25, 0.3) is 6.08 Å². The van der Waals surface area contributed by atoms with E-state index < -0.39 is 0 Å². The van der Waals surface area contributed by atoms with Crippen molar-refractivity contribution in [3.63, 3.8) is 0 Å². The summed E-state index contributed by atoms with van der Waals surface area (Å²) in [4.78, 5) is 0. The van der Waals surface area contributed by atoms with E-state index in [-0.39, 0.29) is 0 Å². The van der Waals surface area contributed by atoms with Gasteiger partial charge in [0.25, 0.3) is 0 Å². The highest BCUT2D eigenvalue weighted by Gasteiger charge is 2.12. The van der Waals surface area contributed by atoms with E-state index in [9.17, 15) is 0 Å². The molecule has 0 unspecified atom stereocenters. The highest BCUT2D eigenvalue weighted by Crippen LogP contribution is 2.30. The zero-order valence-electron chi connectivity index (χ0n) is 10.1. The van der Waals surface area contributed by atoms with Gasteiger partial charge < -0.3 is 0 Å². The maximum absolute atomic E-state index is 3.80. The predicted molar refractivity (Wildman–Crippen MR) is 71.6 cm³/mol. The molecule has 0 saturated heterocycles. The van der Waals surface area contributed by atoms with Crippen molar-refractivity contribution in [1.82, 2.24) is 0 Å². The molecule has 1 aliphatic rings. The molecule has 2 rings (SSSR count). The van der Waals surface area contributed by atoms with Crippen LogP contribution in [0.4, 0.5) is 0 Å². The van der Waals surface area contributed by atoms with Gasteiger partial charge >= 0.3 is 0 Å². The van der Waals surface area contributed by atoms with Crippen LogP contribution in [-0.2, 0) is 0 Å². The minimum absolute atomic E-state index is 0.805. The van der Waals surface area contributed by atoms with Crippen molar-refractivity contribution in [2.24, 2.45) is 0 Å². The van der Waals surface area contributed by atoms with Crippen LogP contribution in [0.2, 0.25) is 0 Å². The Morgan fingerprint density at radius 3 is 2.00 bits per heavy atom. The summed E-state index contributed by atoms with van der Waals surface area (Å²) in [5, 5.41) is 0. The molecule has 86 valence electrons. The zero-order valence-corrected chi connectivity index (χ0v) is 10.1. The fourth-order valence-corrected chi connectivity index (χ4v) is 2.69. The first-order chi connectivity index (χ1) is 7.90. The maximum atomic E-state index is 3.80. The minimum Gasteiger partial charge on any atom is -0.0985 e. The summed E-state index contributed by atoms with van der Waals surface area (Å²) in [6.07, 6.45) is 11.8. The molecule has 0 heteroatoms. The van der Waals surface area contributed by atoms with Gasteiger partial charge in [-0.1, -0.05) is 69.0 Å². The fourth-order valence-electron chi connectivity index (χ4n) is 2.69. The van der Waals surface area contributed by atoms with Gasteiger partial charge in [0.05, 0.1) is 0 Å². The molecule has 0 spiro atoms. The molecule has 1 aromatic carbocycles. The lowest BCUT2D eigenvalue weighted by atomic mass is 9.86. The van der Waals surface area contributed by atoms with Crippen molar-refractivity contribution in [2.45, 2.75) is 50.9 Å². The second kappa shape index (κ2) is 5.89. The van der Waals surface area contributed by atoms with E-state index in [1.807, 2.05) is 6.08 Å². The monoisotopic (exact) mass is 214 g/mol. The normalized spacial score (nSPS) is 18.8. The molecule has 0 radical (unpaired) electrons. The van der Waals surface area contributed by atoms with Crippen molar-refractivity contribution in [3.8, 4) is 0 Å². The molecule has 0 amide bonds. The van der Waals surface area contributed by atoms with Crippen molar-refractivity contribution < 1.29 is 0 Å². The van der Waals surface area contributed by atoms with Crippen molar-refractivity contribution in [2.75, 3.05) is 0 Å². The molecule has 16 heavy (non-hydrogen) atoms. The molecule has 1 saturated carbocycles. The number of rotatable bonds is 2. The molecule has 0 aromatic heterocycles. The van der Waals surface area contributed by atoms with Crippen LogP contribution in [0.1, 0.15) is 62.0 Å². The molecule has 0 aliphatic heterocycles. The minimum atomic E-state index is 0.805. The van der Waals surface area contributed by atoms with Crippen LogP contribution in [0.15, 0.2) is 30.8 Å². The lowest BCUT2D eigenvalue weighted by molar-refractivity contribution is 0.455. The van der Waals surface area contributed by atoms with Gasteiger partial charge in [-0.15, -0.1) is 0 Å². The first-order valence-electron chi connectivity index (χ1n) is 6.62. The van der Waals surface area contributed by atoms with Gasteiger partial charge in [-0.3, -0.25) is 0 Å². The summed E-state index contributed by atoms with van der Waals surface area (Å²) in [6.45, 7) is 3.80.